The lowest BCUT2D eigenvalue weighted by atomic mass is 10.3. The zero-order chi connectivity index (χ0) is 17.1. The van der Waals surface area contributed by atoms with Gasteiger partial charge in [0.05, 0.1) is 19.3 Å². The normalized spacial score (nSPS) is 17.1. The maximum Gasteiger partial charge on any atom is 0.246 e. The summed E-state index contributed by atoms with van der Waals surface area (Å²) in [6, 6.07) is 0. The van der Waals surface area contributed by atoms with Gasteiger partial charge in [0.1, 0.15) is 6.61 Å². The number of rotatable bonds is 11. The summed E-state index contributed by atoms with van der Waals surface area (Å²) >= 11 is 1.95. The zero-order valence-electron chi connectivity index (χ0n) is 15.0. The van der Waals surface area contributed by atoms with Gasteiger partial charge in [-0.3, -0.25) is 9.69 Å². The fourth-order valence-corrected chi connectivity index (χ4v) is 3.18. The Morgan fingerprint density at radius 2 is 1.83 bits per heavy atom. The summed E-state index contributed by atoms with van der Waals surface area (Å²) in [4.78, 5) is 13.9. The number of carbonyl (C=O) groups excluding carboxylic acids is 1. The molecule has 0 saturated carbocycles. The Morgan fingerprint density at radius 3 is 2.43 bits per heavy atom. The van der Waals surface area contributed by atoms with Crippen LogP contribution in [0.3, 0.4) is 0 Å². The second-order valence-electron chi connectivity index (χ2n) is 6.25. The van der Waals surface area contributed by atoms with Gasteiger partial charge in [-0.25, -0.2) is 4.31 Å². The number of carbonyl (C=O) groups is 1. The van der Waals surface area contributed by atoms with Crippen LogP contribution in [0.15, 0.2) is 0 Å². The molecule has 1 heterocycles. The Labute approximate surface area is 145 Å². The monoisotopic (exact) mass is 347 g/mol. The summed E-state index contributed by atoms with van der Waals surface area (Å²) in [7, 11) is 0. The third kappa shape index (κ3) is 10.9. The lowest BCUT2D eigenvalue weighted by Gasteiger charge is -2.34. The van der Waals surface area contributed by atoms with Gasteiger partial charge >= 0.3 is 0 Å². The van der Waals surface area contributed by atoms with Crippen LogP contribution in [0, 0.1) is 0 Å². The van der Waals surface area contributed by atoms with Gasteiger partial charge < -0.3 is 14.8 Å². The highest BCUT2D eigenvalue weighted by molar-refractivity contribution is 7.97. The van der Waals surface area contributed by atoms with E-state index in [2.05, 4.69) is 28.4 Å². The zero-order valence-corrected chi connectivity index (χ0v) is 15.9. The molecule has 7 heteroatoms. The van der Waals surface area contributed by atoms with Gasteiger partial charge in [-0.2, -0.15) is 0 Å². The summed E-state index contributed by atoms with van der Waals surface area (Å²) in [5.74, 6) is -0.0823. The molecule has 1 fully saturated rings. The van der Waals surface area contributed by atoms with Gasteiger partial charge in [0.15, 0.2) is 0 Å². The molecule has 1 N–H and O–H groups in total. The summed E-state index contributed by atoms with van der Waals surface area (Å²) in [5, 5.41) is 3.45. The highest BCUT2D eigenvalue weighted by Crippen LogP contribution is 2.17. The van der Waals surface area contributed by atoms with Crippen LogP contribution in [0.1, 0.15) is 27.7 Å². The Hall–Kier alpha value is -0.340. The minimum atomic E-state index is -0.0823. The van der Waals surface area contributed by atoms with Crippen LogP contribution in [0.5, 0.6) is 0 Å². The van der Waals surface area contributed by atoms with Crippen LogP contribution < -0.4 is 5.32 Å². The summed E-state index contributed by atoms with van der Waals surface area (Å²) < 4.78 is 13.3. The van der Waals surface area contributed by atoms with Crippen molar-refractivity contribution in [2.75, 3.05) is 59.1 Å². The molecule has 0 bridgehead atoms. The molecular weight excluding hydrogens is 314 g/mol. The van der Waals surface area contributed by atoms with Gasteiger partial charge in [0.25, 0.3) is 0 Å². The molecule has 1 rings (SSSR count). The number of hydrogen-bond acceptors (Lipinski definition) is 6. The molecule has 1 aliphatic heterocycles. The molecule has 0 aromatic rings. The molecule has 0 unspecified atom stereocenters. The van der Waals surface area contributed by atoms with Crippen molar-refractivity contribution in [1.29, 1.82) is 0 Å². The number of amides is 1. The maximum absolute atomic E-state index is 11.4. The van der Waals surface area contributed by atoms with Gasteiger partial charge in [0.2, 0.25) is 5.91 Å². The van der Waals surface area contributed by atoms with E-state index in [-0.39, 0.29) is 18.6 Å². The summed E-state index contributed by atoms with van der Waals surface area (Å²) in [6.07, 6.45) is 0.0800. The molecule has 1 saturated heterocycles. The van der Waals surface area contributed by atoms with Crippen molar-refractivity contribution in [2.45, 2.75) is 39.0 Å². The highest BCUT2D eigenvalue weighted by atomic mass is 32.2. The highest BCUT2D eigenvalue weighted by Gasteiger charge is 2.17. The molecule has 0 aliphatic carbocycles. The maximum atomic E-state index is 11.4. The molecule has 1 amide bonds. The van der Waals surface area contributed by atoms with E-state index in [1.807, 2.05) is 25.8 Å². The number of ether oxygens (including phenoxy) is 2. The van der Waals surface area contributed by atoms with Gasteiger partial charge in [0, 0.05) is 44.5 Å². The van der Waals surface area contributed by atoms with Crippen molar-refractivity contribution < 1.29 is 14.3 Å². The third-order valence-corrected chi connectivity index (χ3v) is 4.44. The van der Waals surface area contributed by atoms with Crippen molar-refractivity contribution in [3.05, 3.63) is 0 Å². The third-order valence-electron chi connectivity index (χ3n) is 3.36. The van der Waals surface area contributed by atoms with E-state index in [4.69, 9.17) is 9.47 Å². The fourth-order valence-electron chi connectivity index (χ4n) is 2.21. The van der Waals surface area contributed by atoms with Crippen molar-refractivity contribution in [3.8, 4) is 0 Å². The summed E-state index contributed by atoms with van der Waals surface area (Å²) in [5.41, 5.74) is 0. The first-order valence-corrected chi connectivity index (χ1v) is 9.41. The lowest BCUT2D eigenvalue weighted by Crippen LogP contribution is -2.45. The minimum Gasteiger partial charge on any atom is -0.378 e. The van der Waals surface area contributed by atoms with Gasteiger partial charge in [-0.1, -0.05) is 25.8 Å². The second-order valence-corrected chi connectivity index (χ2v) is 7.92. The van der Waals surface area contributed by atoms with E-state index in [0.29, 0.717) is 18.4 Å². The summed E-state index contributed by atoms with van der Waals surface area (Å²) in [6.45, 7) is 15.6. The van der Waals surface area contributed by atoms with E-state index >= 15 is 0 Å². The first-order chi connectivity index (χ1) is 11.0. The molecule has 6 nitrogen and oxygen atoms in total. The standard InChI is InChI=1S/C16H33N3O3S/c1-14(2)22-13-16(20)17-5-11-21-12-10-18-6-8-19(9-7-18)23-15(3)4/h14-15H,5-13H2,1-4H3,(H,17,20). The lowest BCUT2D eigenvalue weighted by molar-refractivity contribution is -0.127. The van der Waals surface area contributed by atoms with Crippen molar-refractivity contribution in [1.82, 2.24) is 14.5 Å². The van der Waals surface area contributed by atoms with Crippen molar-refractivity contribution in [3.63, 3.8) is 0 Å². The number of nitrogens with one attached hydrogen (secondary N) is 1. The molecule has 0 radical (unpaired) electrons. The number of piperazine rings is 1. The molecule has 1 aliphatic rings. The smallest absolute Gasteiger partial charge is 0.246 e. The van der Waals surface area contributed by atoms with Crippen LogP contribution in [0.25, 0.3) is 0 Å². The number of nitrogens with zero attached hydrogens (tertiary/aromatic N) is 2. The second kappa shape index (κ2) is 12.1. The first-order valence-electron chi connectivity index (χ1n) is 8.57. The van der Waals surface area contributed by atoms with Crippen molar-refractivity contribution >= 4 is 17.9 Å². The van der Waals surface area contributed by atoms with Crippen LogP contribution >= 0.6 is 11.9 Å². The van der Waals surface area contributed by atoms with E-state index < -0.39 is 0 Å². The Morgan fingerprint density at radius 1 is 1.13 bits per heavy atom. The van der Waals surface area contributed by atoms with Crippen LogP contribution in [-0.4, -0.2) is 85.6 Å². The topological polar surface area (TPSA) is 54.0 Å². The largest absolute Gasteiger partial charge is 0.378 e. The van der Waals surface area contributed by atoms with E-state index in [0.717, 1.165) is 39.3 Å². The fraction of sp³-hybridized carbons (Fsp3) is 0.938. The first kappa shape index (κ1) is 20.7. The van der Waals surface area contributed by atoms with Crippen LogP contribution in [-0.2, 0) is 14.3 Å². The average molecular weight is 348 g/mol. The van der Waals surface area contributed by atoms with Gasteiger partial charge in [-0.05, 0) is 13.8 Å². The Bertz CT molecular complexity index is 322. The molecule has 0 atom stereocenters. The number of hydrogen-bond donors (Lipinski definition) is 1. The van der Waals surface area contributed by atoms with Gasteiger partial charge in [-0.15, -0.1) is 0 Å². The molecule has 136 valence electrons. The predicted molar refractivity (Wildman–Crippen MR) is 95.7 cm³/mol. The minimum absolute atomic E-state index is 0.0800. The molecule has 0 aromatic heterocycles. The van der Waals surface area contributed by atoms with Crippen molar-refractivity contribution in [2.24, 2.45) is 0 Å². The molecule has 23 heavy (non-hydrogen) atoms. The van der Waals surface area contributed by atoms with E-state index in [1.54, 1.807) is 0 Å². The van der Waals surface area contributed by atoms with E-state index in [1.165, 1.54) is 0 Å². The van der Waals surface area contributed by atoms with E-state index in [9.17, 15) is 4.79 Å². The average Bonchev–Trinajstić information content (AvgIpc) is 2.49. The predicted octanol–water partition coefficient (Wildman–Crippen LogP) is 1.22. The molecule has 0 spiro atoms. The quantitative estimate of drug-likeness (QED) is 0.448. The Balaban J connectivity index is 1.93. The Kier molecular flexibility index (Phi) is 10.9. The van der Waals surface area contributed by atoms with Crippen LogP contribution in [0.4, 0.5) is 0 Å². The molecular formula is C16H33N3O3S. The SMILES string of the molecule is CC(C)OCC(=O)NCCOCCN1CCN(SC(C)C)CC1. The molecule has 0 aromatic carbocycles. The van der Waals surface area contributed by atoms with Crippen LogP contribution in [0.2, 0.25) is 0 Å².